The Morgan fingerprint density at radius 3 is 2.81 bits per heavy atom. The first kappa shape index (κ1) is 18.0. The third-order valence-corrected chi connectivity index (χ3v) is 4.77. The van der Waals surface area contributed by atoms with Crippen molar-refractivity contribution in [3.8, 4) is 29.2 Å². The number of likely N-dealkylation sites (tertiary alicyclic amines) is 1. The molecule has 1 saturated heterocycles. The van der Waals surface area contributed by atoms with Crippen LogP contribution >= 0.6 is 0 Å². The summed E-state index contributed by atoms with van der Waals surface area (Å²) in [4.78, 5) is 14.5. The van der Waals surface area contributed by atoms with Gasteiger partial charge in [0.15, 0.2) is 0 Å². The molecule has 0 spiro atoms. The molecule has 1 heterocycles. The average Bonchev–Trinajstić information content (AvgIpc) is 3.15. The van der Waals surface area contributed by atoms with Crippen molar-refractivity contribution in [2.24, 2.45) is 0 Å². The average molecular weight is 348 g/mol. The fraction of sp³-hybridized carbons (Fsp3) is 0.318. The first-order valence-electron chi connectivity index (χ1n) is 8.90. The number of hydrogen-bond donors (Lipinski definition) is 1. The minimum atomic E-state index is -0.0820. The van der Waals surface area contributed by atoms with Crippen LogP contribution in [0.2, 0.25) is 0 Å². The van der Waals surface area contributed by atoms with Gasteiger partial charge in [0.05, 0.1) is 19.7 Å². The largest absolute Gasteiger partial charge is 0.497 e. The van der Waals surface area contributed by atoms with Crippen LogP contribution in [0.1, 0.15) is 18.4 Å². The molecule has 134 valence electrons. The molecule has 1 aliphatic heterocycles. The molecule has 3 rings (SSSR count). The fourth-order valence-corrected chi connectivity index (χ4v) is 3.41. The van der Waals surface area contributed by atoms with E-state index in [0.29, 0.717) is 6.54 Å². The Morgan fingerprint density at radius 1 is 1.27 bits per heavy atom. The SMILES string of the molecule is C#CCNC(=O)C1CCCN1Cc1ccc(-c2cccc(OC)c2)cc1. The maximum absolute atomic E-state index is 12.2. The molecule has 1 amide bonds. The molecule has 1 aliphatic rings. The zero-order valence-corrected chi connectivity index (χ0v) is 15.1. The van der Waals surface area contributed by atoms with Crippen LogP contribution in [0, 0.1) is 12.3 Å². The highest BCUT2D eigenvalue weighted by molar-refractivity contribution is 5.82. The van der Waals surface area contributed by atoms with Crippen LogP contribution in [0.5, 0.6) is 5.75 Å². The number of carbonyl (C=O) groups is 1. The van der Waals surface area contributed by atoms with Gasteiger partial charge in [0.1, 0.15) is 5.75 Å². The van der Waals surface area contributed by atoms with Gasteiger partial charge < -0.3 is 10.1 Å². The second-order valence-corrected chi connectivity index (χ2v) is 6.48. The van der Waals surface area contributed by atoms with Crippen molar-refractivity contribution in [3.05, 3.63) is 54.1 Å². The van der Waals surface area contributed by atoms with Crippen molar-refractivity contribution in [2.75, 3.05) is 20.2 Å². The molecule has 0 aliphatic carbocycles. The highest BCUT2D eigenvalue weighted by Gasteiger charge is 2.30. The van der Waals surface area contributed by atoms with Gasteiger partial charge in [0, 0.05) is 6.54 Å². The number of ether oxygens (including phenoxy) is 1. The Labute approximate surface area is 155 Å². The number of nitrogens with zero attached hydrogens (tertiary/aromatic N) is 1. The maximum Gasteiger partial charge on any atom is 0.238 e. The van der Waals surface area contributed by atoms with Crippen LogP contribution in [0.15, 0.2) is 48.5 Å². The van der Waals surface area contributed by atoms with Gasteiger partial charge in [-0.15, -0.1) is 6.42 Å². The smallest absolute Gasteiger partial charge is 0.238 e. The number of benzene rings is 2. The highest BCUT2D eigenvalue weighted by Crippen LogP contribution is 2.25. The van der Waals surface area contributed by atoms with Crippen LogP contribution < -0.4 is 10.1 Å². The van der Waals surface area contributed by atoms with E-state index in [1.807, 2.05) is 18.2 Å². The van der Waals surface area contributed by atoms with E-state index in [0.717, 1.165) is 42.8 Å². The number of hydrogen-bond acceptors (Lipinski definition) is 3. The number of nitrogens with one attached hydrogen (secondary N) is 1. The predicted octanol–water partition coefficient (Wildman–Crippen LogP) is 3.08. The monoisotopic (exact) mass is 348 g/mol. The Balaban J connectivity index is 1.67. The Bertz CT molecular complexity index is 793. The van der Waals surface area contributed by atoms with Crippen molar-refractivity contribution < 1.29 is 9.53 Å². The van der Waals surface area contributed by atoms with Crippen LogP contribution in [0.3, 0.4) is 0 Å². The van der Waals surface area contributed by atoms with E-state index in [9.17, 15) is 4.79 Å². The normalized spacial score (nSPS) is 16.8. The van der Waals surface area contributed by atoms with Crippen LogP contribution in [0.25, 0.3) is 11.1 Å². The quantitative estimate of drug-likeness (QED) is 0.816. The van der Waals surface area contributed by atoms with Crippen molar-refractivity contribution >= 4 is 5.91 Å². The third kappa shape index (κ3) is 4.25. The molecule has 4 nitrogen and oxygen atoms in total. The van der Waals surface area contributed by atoms with E-state index in [-0.39, 0.29) is 11.9 Å². The lowest BCUT2D eigenvalue weighted by Crippen LogP contribution is -2.42. The van der Waals surface area contributed by atoms with Gasteiger partial charge in [-0.1, -0.05) is 42.3 Å². The summed E-state index contributed by atoms with van der Waals surface area (Å²) in [5.74, 6) is 3.34. The molecule has 2 aromatic carbocycles. The van der Waals surface area contributed by atoms with Gasteiger partial charge in [-0.05, 0) is 48.2 Å². The Hall–Kier alpha value is -2.77. The number of terminal acetylenes is 1. The molecule has 2 aromatic rings. The lowest BCUT2D eigenvalue weighted by molar-refractivity contribution is -0.125. The van der Waals surface area contributed by atoms with Gasteiger partial charge in [-0.2, -0.15) is 0 Å². The molecule has 1 unspecified atom stereocenters. The zero-order valence-electron chi connectivity index (χ0n) is 15.1. The summed E-state index contributed by atoms with van der Waals surface area (Å²) in [7, 11) is 1.68. The van der Waals surface area contributed by atoms with Gasteiger partial charge >= 0.3 is 0 Å². The number of rotatable bonds is 6. The van der Waals surface area contributed by atoms with Crippen LogP contribution in [-0.2, 0) is 11.3 Å². The van der Waals surface area contributed by atoms with Crippen LogP contribution in [0.4, 0.5) is 0 Å². The van der Waals surface area contributed by atoms with Gasteiger partial charge in [0.2, 0.25) is 5.91 Å². The van der Waals surface area contributed by atoms with Gasteiger partial charge in [0.25, 0.3) is 0 Å². The summed E-state index contributed by atoms with van der Waals surface area (Å²) >= 11 is 0. The van der Waals surface area contributed by atoms with Crippen molar-refractivity contribution in [2.45, 2.75) is 25.4 Å². The lowest BCUT2D eigenvalue weighted by atomic mass is 10.0. The zero-order chi connectivity index (χ0) is 18.4. The predicted molar refractivity (Wildman–Crippen MR) is 104 cm³/mol. The van der Waals surface area contributed by atoms with Crippen molar-refractivity contribution in [1.82, 2.24) is 10.2 Å². The molecule has 1 N–H and O–H groups in total. The molecule has 26 heavy (non-hydrogen) atoms. The Morgan fingerprint density at radius 2 is 2.08 bits per heavy atom. The number of amides is 1. The van der Waals surface area contributed by atoms with E-state index < -0.39 is 0 Å². The molecule has 0 radical (unpaired) electrons. The summed E-state index contributed by atoms with van der Waals surface area (Å²) in [6, 6.07) is 16.4. The molecular formula is C22H24N2O2. The second kappa shape index (κ2) is 8.55. The molecule has 4 heteroatoms. The van der Waals surface area contributed by atoms with E-state index >= 15 is 0 Å². The van der Waals surface area contributed by atoms with E-state index in [4.69, 9.17) is 11.2 Å². The summed E-state index contributed by atoms with van der Waals surface area (Å²) in [6.07, 6.45) is 7.15. The topological polar surface area (TPSA) is 41.6 Å². The molecule has 1 atom stereocenters. The molecular weight excluding hydrogens is 324 g/mol. The summed E-state index contributed by atoms with van der Waals surface area (Å²) in [6.45, 7) is 2.00. The van der Waals surface area contributed by atoms with Gasteiger partial charge in [-0.3, -0.25) is 9.69 Å². The lowest BCUT2D eigenvalue weighted by Gasteiger charge is -2.23. The summed E-state index contributed by atoms with van der Waals surface area (Å²) < 4.78 is 5.29. The van der Waals surface area contributed by atoms with E-state index in [2.05, 4.69) is 46.5 Å². The molecule has 0 bridgehead atoms. The number of methoxy groups -OCH3 is 1. The molecule has 0 aromatic heterocycles. The molecule has 0 saturated carbocycles. The van der Waals surface area contributed by atoms with Crippen molar-refractivity contribution in [1.29, 1.82) is 0 Å². The minimum Gasteiger partial charge on any atom is -0.497 e. The maximum atomic E-state index is 12.2. The fourth-order valence-electron chi connectivity index (χ4n) is 3.41. The first-order valence-corrected chi connectivity index (χ1v) is 8.90. The highest BCUT2D eigenvalue weighted by atomic mass is 16.5. The number of carbonyl (C=O) groups excluding carboxylic acids is 1. The standard InChI is InChI=1S/C22H24N2O2/c1-3-13-23-22(25)21-8-5-14-24(21)16-17-9-11-18(12-10-17)19-6-4-7-20(15-19)26-2/h1,4,6-7,9-12,15,21H,5,8,13-14,16H2,2H3,(H,23,25). The third-order valence-electron chi connectivity index (χ3n) is 4.77. The summed E-state index contributed by atoms with van der Waals surface area (Å²) in [5.41, 5.74) is 3.48. The molecule has 1 fully saturated rings. The first-order chi connectivity index (χ1) is 12.7. The van der Waals surface area contributed by atoms with E-state index in [1.165, 1.54) is 5.56 Å². The van der Waals surface area contributed by atoms with Crippen LogP contribution in [-0.4, -0.2) is 37.0 Å². The van der Waals surface area contributed by atoms with E-state index in [1.54, 1.807) is 7.11 Å². The Kier molecular flexibility index (Phi) is 5.93. The van der Waals surface area contributed by atoms with Crippen molar-refractivity contribution in [3.63, 3.8) is 0 Å². The van der Waals surface area contributed by atoms with Gasteiger partial charge in [-0.25, -0.2) is 0 Å². The summed E-state index contributed by atoms with van der Waals surface area (Å²) in [5, 5.41) is 2.80. The second-order valence-electron chi connectivity index (χ2n) is 6.48. The minimum absolute atomic E-state index is 0.0356.